The Bertz CT molecular complexity index is 1790. The summed E-state index contributed by atoms with van der Waals surface area (Å²) in [6.07, 6.45) is -0.119. The molecule has 2 bridgehead atoms. The van der Waals surface area contributed by atoms with Crippen molar-refractivity contribution >= 4 is 70.0 Å². The van der Waals surface area contributed by atoms with Crippen molar-refractivity contribution in [1.82, 2.24) is 36.5 Å². The van der Waals surface area contributed by atoms with Gasteiger partial charge in [0.15, 0.2) is 0 Å². The average molecular weight is 814 g/mol. The average Bonchev–Trinajstić information content (AvgIpc) is 3.83. The number of amides is 5. The maximum atomic E-state index is 14.3. The van der Waals surface area contributed by atoms with Crippen LogP contribution in [0.4, 0.5) is 0 Å². The largest absolute Gasteiger partial charge is 0.463 e. The van der Waals surface area contributed by atoms with Crippen LogP contribution in [-0.2, 0) is 44.7 Å². The molecule has 3 heterocycles. The number of rotatable bonds is 8. The van der Waals surface area contributed by atoms with E-state index in [1.54, 1.807) is 44.2 Å². The summed E-state index contributed by atoms with van der Waals surface area (Å²) < 4.78 is 10.6. The van der Waals surface area contributed by atoms with Crippen LogP contribution < -0.4 is 26.6 Å². The maximum absolute atomic E-state index is 14.3. The van der Waals surface area contributed by atoms with Crippen LogP contribution in [0.25, 0.3) is 0 Å². The van der Waals surface area contributed by atoms with Gasteiger partial charge in [-0.1, -0.05) is 70.2 Å². The molecule has 1 aromatic carbocycles. The third kappa shape index (κ3) is 11.5. The van der Waals surface area contributed by atoms with Crippen LogP contribution in [0.15, 0.2) is 35.7 Å². The van der Waals surface area contributed by atoms with Crippen molar-refractivity contribution in [3.8, 4) is 0 Å². The van der Waals surface area contributed by atoms with Gasteiger partial charge in [0, 0.05) is 32.2 Å². The highest BCUT2D eigenvalue weighted by Crippen LogP contribution is 2.26. The molecule has 0 unspecified atom stereocenters. The van der Waals surface area contributed by atoms with Gasteiger partial charge < -0.3 is 41.0 Å². The van der Waals surface area contributed by atoms with Gasteiger partial charge in [0.1, 0.15) is 47.6 Å². The molecule has 0 radical (unpaired) electrons. The first kappa shape index (κ1) is 43.8. The van der Waals surface area contributed by atoms with Gasteiger partial charge in [-0.05, 0) is 37.2 Å². The maximum Gasteiger partial charge on any atom is 0.302 e. The van der Waals surface area contributed by atoms with Crippen LogP contribution in [0.2, 0.25) is 0 Å². The number of thiocarbonyl (C=S) groups is 1. The van der Waals surface area contributed by atoms with Crippen molar-refractivity contribution in [3.63, 3.8) is 0 Å². The zero-order valence-electron chi connectivity index (χ0n) is 32.6. The highest BCUT2D eigenvalue weighted by atomic mass is 32.1. The van der Waals surface area contributed by atoms with Crippen LogP contribution in [0, 0.1) is 11.8 Å². The highest BCUT2D eigenvalue weighted by Gasteiger charge is 2.41. The van der Waals surface area contributed by atoms with Crippen molar-refractivity contribution in [1.29, 1.82) is 0 Å². The van der Waals surface area contributed by atoms with E-state index < -0.39 is 89.7 Å². The van der Waals surface area contributed by atoms with Crippen molar-refractivity contribution in [3.05, 3.63) is 52.0 Å². The first-order valence-electron chi connectivity index (χ1n) is 18.6. The molecule has 0 aliphatic carbocycles. The quantitative estimate of drug-likeness (QED) is 0.191. The number of carbonyl (C=O) groups excluding carboxylic acids is 7. The van der Waals surface area contributed by atoms with Gasteiger partial charge in [0.25, 0.3) is 5.91 Å². The van der Waals surface area contributed by atoms with Gasteiger partial charge in [-0.3, -0.25) is 33.6 Å². The van der Waals surface area contributed by atoms with Gasteiger partial charge in [0.2, 0.25) is 23.6 Å². The minimum Gasteiger partial charge on any atom is -0.463 e. The number of fused-ring (bicyclic) bond motifs is 3. The Hall–Kier alpha value is -4.97. The Morgan fingerprint density at radius 2 is 1.46 bits per heavy atom. The Labute approximate surface area is 335 Å². The SMILES string of the molecule is CC(=O)OC[C@@H]1NC(=S)[C@@H]2CCCN2C(=O)[C@H](C(C)C)NC(=O)[C@H]([C@H](C)OC(C)=O)NC(=O)[C@@H](Cc2ccccc2)NC(=O)c2csc(n2)[C@H](C(C)C)NC1=O. The molecule has 18 heteroatoms. The van der Waals surface area contributed by atoms with E-state index in [1.165, 1.54) is 31.1 Å². The van der Waals surface area contributed by atoms with Crippen molar-refractivity contribution < 1.29 is 43.0 Å². The van der Waals surface area contributed by atoms with E-state index >= 15 is 0 Å². The number of nitrogens with one attached hydrogen (secondary N) is 5. The number of esters is 2. The molecule has 5 N–H and O–H groups in total. The fraction of sp³-hybridized carbons (Fsp3) is 0.553. The topological polar surface area (TPSA) is 214 Å². The molecule has 7 atom stereocenters. The summed E-state index contributed by atoms with van der Waals surface area (Å²) in [5.74, 6) is -5.23. The summed E-state index contributed by atoms with van der Waals surface area (Å²) in [5.41, 5.74) is 0.689. The predicted octanol–water partition coefficient (Wildman–Crippen LogP) is 1.73. The normalized spacial score (nSPS) is 24.8. The summed E-state index contributed by atoms with van der Waals surface area (Å²) in [4.78, 5) is 100. The molecular formula is C38H51N7O9S2. The molecule has 304 valence electrons. The fourth-order valence-corrected chi connectivity index (χ4v) is 7.87. The second kappa shape index (κ2) is 19.8. The first-order valence-corrected chi connectivity index (χ1v) is 19.9. The number of nitrogens with zero attached hydrogens (tertiary/aromatic N) is 2. The molecule has 56 heavy (non-hydrogen) atoms. The number of aromatic nitrogens is 1. The minimum absolute atomic E-state index is 0.0143. The Balaban J connectivity index is 1.80. The Kier molecular flexibility index (Phi) is 15.4. The Morgan fingerprint density at radius 3 is 2.09 bits per heavy atom. The van der Waals surface area contributed by atoms with Crippen LogP contribution in [0.3, 0.4) is 0 Å². The third-order valence-corrected chi connectivity index (χ3v) is 10.8. The molecule has 1 fully saturated rings. The van der Waals surface area contributed by atoms with Crippen LogP contribution in [0.1, 0.15) is 88.4 Å². The minimum atomic E-state index is -1.47. The number of hydrogen-bond donors (Lipinski definition) is 5. The lowest BCUT2D eigenvalue weighted by atomic mass is 10.0. The van der Waals surface area contributed by atoms with Crippen LogP contribution in [0.5, 0.6) is 0 Å². The molecule has 5 amide bonds. The molecule has 1 aromatic heterocycles. The van der Waals surface area contributed by atoms with Gasteiger partial charge in [-0.2, -0.15) is 0 Å². The van der Waals surface area contributed by atoms with E-state index in [2.05, 4.69) is 31.6 Å². The van der Waals surface area contributed by atoms with Crippen molar-refractivity contribution in [2.75, 3.05) is 13.2 Å². The van der Waals surface area contributed by atoms with E-state index in [9.17, 15) is 33.6 Å². The summed E-state index contributed by atoms with van der Waals surface area (Å²) >= 11 is 6.91. The van der Waals surface area contributed by atoms with E-state index in [1.807, 2.05) is 13.8 Å². The van der Waals surface area contributed by atoms with Gasteiger partial charge >= 0.3 is 11.9 Å². The second-order valence-corrected chi connectivity index (χ2v) is 15.9. The third-order valence-electron chi connectivity index (χ3n) is 9.45. The predicted molar refractivity (Wildman–Crippen MR) is 210 cm³/mol. The fourth-order valence-electron chi connectivity index (χ4n) is 6.46. The molecule has 4 rings (SSSR count). The molecule has 0 spiro atoms. The van der Waals surface area contributed by atoms with Crippen LogP contribution in [-0.4, -0.2) is 106 Å². The second-order valence-electron chi connectivity index (χ2n) is 14.6. The zero-order chi connectivity index (χ0) is 41.3. The zero-order valence-corrected chi connectivity index (χ0v) is 34.2. The number of thiazole rings is 1. The molecule has 1 saturated heterocycles. The monoisotopic (exact) mass is 813 g/mol. The van der Waals surface area contributed by atoms with Crippen LogP contribution >= 0.6 is 23.6 Å². The van der Waals surface area contributed by atoms with Gasteiger partial charge in [-0.25, -0.2) is 4.98 Å². The molecule has 0 saturated carbocycles. The van der Waals surface area contributed by atoms with Crippen molar-refractivity contribution in [2.24, 2.45) is 11.8 Å². The van der Waals surface area contributed by atoms with E-state index in [4.69, 9.17) is 21.7 Å². The molecule has 2 aliphatic heterocycles. The standard InChI is InChI=1S/C38H51N7O9S2/c1-19(2)29-37-41-27(18-56-37)34(50)39-25(16-24-12-9-8-10-13-24)32(48)44-31(21(5)54-23(7)47)35(51)43-30(20(3)4)38(52)45-15-11-14-28(45)36(55)40-26(33(49)42-29)17-53-22(6)46/h8-10,12-13,18-21,25-26,28-31H,11,14-17H2,1-7H3,(H,39,50)(H,40,55)(H,42,49)(H,43,51)(H,44,48)/t21-,25+,26-,28-,29-,30-,31-/m0/s1. The van der Waals surface area contributed by atoms with Gasteiger partial charge in [0.05, 0.1) is 17.1 Å². The summed E-state index contributed by atoms with van der Waals surface area (Å²) in [7, 11) is 0. The van der Waals surface area contributed by atoms with E-state index in [0.717, 1.165) is 11.3 Å². The number of hydrogen-bond acceptors (Lipinski definition) is 12. The lowest BCUT2D eigenvalue weighted by molar-refractivity contribution is -0.151. The van der Waals surface area contributed by atoms with E-state index in [0.29, 0.717) is 30.0 Å². The van der Waals surface area contributed by atoms with E-state index in [-0.39, 0.29) is 29.6 Å². The lowest BCUT2D eigenvalue weighted by Gasteiger charge is -2.34. The molecular weight excluding hydrogens is 763 g/mol. The number of benzene rings is 1. The smallest absolute Gasteiger partial charge is 0.302 e. The molecule has 16 nitrogen and oxygen atoms in total. The van der Waals surface area contributed by atoms with Gasteiger partial charge in [-0.15, -0.1) is 11.3 Å². The lowest BCUT2D eigenvalue weighted by Crippen LogP contribution is -2.62. The first-order chi connectivity index (χ1) is 26.5. The summed E-state index contributed by atoms with van der Waals surface area (Å²) in [6.45, 7) is 11.0. The number of ether oxygens (including phenoxy) is 2. The summed E-state index contributed by atoms with van der Waals surface area (Å²) in [6, 6.07) is 2.62. The van der Waals surface area contributed by atoms with Crippen molar-refractivity contribution in [2.45, 2.75) is 110 Å². The molecule has 2 aromatic rings. The summed E-state index contributed by atoms with van der Waals surface area (Å²) in [5, 5.41) is 16.1. The highest BCUT2D eigenvalue weighted by molar-refractivity contribution is 7.80. The Morgan fingerprint density at radius 1 is 0.839 bits per heavy atom. The molecule has 2 aliphatic rings. The number of carbonyl (C=O) groups is 7.